The summed E-state index contributed by atoms with van der Waals surface area (Å²) in [5.74, 6) is 0.881. The minimum absolute atomic E-state index is 0. The molecule has 2 N–H and O–H groups in total. The summed E-state index contributed by atoms with van der Waals surface area (Å²) in [7, 11) is 2.01. The highest BCUT2D eigenvalue weighted by Gasteiger charge is 2.28. The number of nitrogens with zero attached hydrogens (tertiary/aromatic N) is 1. The van der Waals surface area contributed by atoms with E-state index in [1.54, 1.807) is 0 Å². The number of halogens is 1. The molecule has 0 saturated carbocycles. The fraction of sp³-hybridized carbons (Fsp3) is 0.458. The molecule has 2 aromatic carbocycles. The maximum absolute atomic E-state index is 13.1. The Labute approximate surface area is 181 Å². The summed E-state index contributed by atoms with van der Waals surface area (Å²) in [6, 6.07) is 20.2. The van der Waals surface area contributed by atoms with Crippen LogP contribution in [0.25, 0.3) is 0 Å². The molecule has 3 rings (SSSR count). The number of nitrogens with one attached hydrogen (secondary N) is 2. The second kappa shape index (κ2) is 12.0. The molecule has 29 heavy (non-hydrogen) atoms. The van der Waals surface area contributed by atoms with E-state index in [4.69, 9.17) is 0 Å². The minimum Gasteiger partial charge on any atom is -0.344 e. The van der Waals surface area contributed by atoms with Crippen molar-refractivity contribution in [2.45, 2.75) is 38.3 Å². The SMILES string of the molecule is CNCCC1CCN(C(C)C(=O)NC(c2ccccc2)c2ccccc2)CC1.Cl. The Bertz CT molecular complexity index is 678. The highest BCUT2D eigenvalue weighted by Crippen LogP contribution is 2.24. The second-order valence-corrected chi connectivity index (χ2v) is 7.81. The number of hydrogen-bond acceptors (Lipinski definition) is 3. The van der Waals surface area contributed by atoms with Crippen molar-refractivity contribution in [3.63, 3.8) is 0 Å². The van der Waals surface area contributed by atoms with Crippen LogP contribution in [0.2, 0.25) is 0 Å². The Morgan fingerprint density at radius 3 is 2.00 bits per heavy atom. The van der Waals surface area contributed by atoms with Gasteiger partial charge in [0.15, 0.2) is 0 Å². The molecule has 1 aliphatic rings. The maximum Gasteiger partial charge on any atom is 0.237 e. The summed E-state index contributed by atoms with van der Waals surface area (Å²) in [5, 5.41) is 6.54. The van der Waals surface area contributed by atoms with Crippen LogP contribution in [0.1, 0.15) is 43.4 Å². The lowest BCUT2D eigenvalue weighted by Gasteiger charge is -2.36. The standard InChI is InChI=1S/C24H33N3O.ClH/c1-19(27-17-14-20(15-18-27)13-16-25-2)24(28)26-23(21-9-5-3-6-10-21)22-11-7-4-8-12-22;/h3-12,19-20,23,25H,13-18H2,1-2H3,(H,26,28);1H. The van der Waals surface area contributed by atoms with Gasteiger partial charge in [-0.3, -0.25) is 9.69 Å². The van der Waals surface area contributed by atoms with Crippen LogP contribution in [-0.4, -0.2) is 43.5 Å². The molecule has 1 heterocycles. The fourth-order valence-corrected chi connectivity index (χ4v) is 4.06. The van der Waals surface area contributed by atoms with Crippen LogP contribution >= 0.6 is 12.4 Å². The van der Waals surface area contributed by atoms with Crippen molar-refractivity contribution in [1.82, 2.24) is 15.5 Å². The van der Waals surface area contributed by atoms with Crippen LogP contribution in [0, 0.1) is 5.92 Å². The van der Waals surface area contributed by atoms with Gasteiger partial charge in [0.05, 0.1) is 12.1 Å². The van der Waals surface area contributed by atoms with Gasteiger partial charge in [-0.15, -0.1) is 12.4 Å². The fourth-order valence-electron chi connectivity index (χ4n) is 4.06. The predicted octanol–water partition coefficient (Wildman–Crippen LogP) is 4.02. The summed E-state index contributed by atoms with van der Waals surface area (Å²) in [4.78, 5) is 15.4. The Kier molecular flexibility index (Phi) is 9.65. The Balaban J connectivity index is 0.00000300. The number of hydrogen-bond donors (Lipinski definition) is 2. The van der Waals surface area contributed by atoms with Crippen molar-refractivity contribution in [3.05, 3.63) is 71.8 Å². The molecule has 1 fully saturated rings. The van der Waals surface area contributed by atoms with Gasteiger partial charge in [-0.2, -0.15) is 0 Å². The highest BCUT2D eigenvalue weighted by molar-refractivity contribution is 5.85. The molecule has 1 amide bonds. The number of benzene rings is 2. The zero-order valence-electron chi connectivity index (χ0n) is 17.5. The second-order valence-electron chi connectivity index (χ2n) is 7.81. The largest absolute Gasteiger partial charge is 0.344 e. The lowest BCUT2D eigenvalue weighted by molar-refractivity contribution is -0.127. The average Bonchev–Trinajstić information content (AvgIpc) is 2.77. The summed E-state index contributed by atoms with van der Waals surface area (Å²) < 4.78 is 0. The van der Waals surface area contributed by atoms with Gasteiger partial charge in [-0.05, 0) is 69.9 Å². The molecule has 2 aromatic rings. The van der Waals surface area contributed by atoms with Gasteiger partial charge in [0.25, 0.3) is 0 Å². The molecule has 1 unspecified atom stereocenters. The molecule has 0 aromatic heterocycles. The smallest absolute Gasteiger partial charge is 0.237 e. The van der Waals surface area contributed by atoms with Crippen LogP contribution in [0.5, 0.6) is 0 Å². The molecule has 4 nitrogen and oxygen atoms in total. The Morgan fingerprint density at radius 2 is 1.52 bits per heavy atom. The first-order valence-electron chi connectivity index (χ1n) is 10.5. The third-order valence-corrected chi connectivity index (χ3v) is 5.93. The lowest BCUT2D eigenvalue weighted by Crippen LogP contribution is -2.49. The van der Waals surface area contributed by atoms with Gasteiger partial charge in [0, 0.05) is 0 Å². The molecule has 0 spiro atoms. The first-order valence-corrected chi connectivity index (χ1v) is 10.5. The van der Waals surface area contributed by atoms with E-state index >= 15 is 0 Å². The summed E-state index contributed by atoms with van der Waals surface area (Å²) >= 11 is 0. The van der Waals surface area contributed by atoms with E-state index in [2.05, 4.69) is 39.8 Å². The molecule has 1 atom stereocenters. The summed E-state index contributed by atoms with van der Waals surface area (Å²) in [5.41, 5.74) is 2.22. The summed E-state index contributed by atoms with van der Waals surface area (Å²) in [6.45, 7) is 5.13. The third-order valence-electron chi connectivity index (χ3n) is 5.93. The van der Waals surface area contributed by atoms with Crippen molar-refractivity contribution < 1.29 is 4.79 Å². The van der Waals surface area contributed by atoms with Crippen molar-refractivity contribution >= 4 is 18.3 Å². The molecule has 0 bridgehead atoms. The highest BCUT2D eigenvalue weighted by atomic mass is 35.5. The average molecular weight is 416 g/mol. The molecule has 158 valence electrons. The zero-order chi connectivity index (χ0) is 19.8. The van der Waals surface area contributed by atoms with E-state index in [-0.39, 0.29) is 30.4 Å². The molecule has 0 radical (unpaired) electrons. The van der Waals surface area contributed by atoms with Crippen LogP contribution in [0.3, 0.4) is 0 Å². The van der Waals surface area contributed by atoms with E-state index in [1.807, 2.05) is 50.4 Å². The number of carbonyl (C=O) groups is 1. The van der Waals surface area contributed by atoms with Crippen molar-refractivity contribution in [3.8, 4) is 0 Å². The van der Waals surface area contributed by atoms with Crippen LogP contribution < -0.4 is 10.6 Å². The molecule has 1 saturated heterocycles. The van der Waals surface area contributed by atoms with E-state index in [0.717, 1.165) is 36.7 Å². The lowest BCUT2D eigenvalue weighted by atomic mass is 9.92. The summed E-state index contributed by atoms with van der Waals surface area (Å²) in [6.07, 6.45) is 3.59. The maximum atomic E-state index is 13.1. The number of piperidine rings is 1. The number of carbonyl (C=O) groups excluding carboxylic acids is 1. The topological polar surface area (TPSA) is 44.4 Å². The molecule has 0 aliphatic carbocycles. The normalized spacial score (nSPS) is 16.2. The van der Waals surface area contributed by atoms with Gasteiger partial charge >= 0.3 is 0 Å². The quantitative estimate of drug-likeness (QED) is 0.684. The molecule has 1 aliphatic heterocycles. The monoisotopic (exact) mass is 415 g/mol. The van der Waals surface area contributed by atoms with Crippen LogP contribution in [-0.2, 0) is 4.79 Å². The predicted molar refractivity (Wildman–Crippen MR) is 122 cm³/mol. The number of amides is 1. The minimum atomic E-state index is -0.120. The zero-order valence-corrected chi connectivity index (χ0v) is 18.3. The van der Waals surface area contributed by atoms with Gasteiger partial charge in [0.2, 0.25) is 5.91 Å². The van der Waals surface area contributed by atoms with E-state index in [0.29, 0.717) is 0 Å². The first-order chi connectivity index (χ1) is 13.7. The van der Waals surface area contributed by atoms with Gasteiger partial charge < -0.3 is 10.6 Å². The molecule has 5 heteroatoms. The molecular weight excluding hydrogens is 382 g/mol. The van der Waals surface area contributed by atoms with Crippen molar-refractivity contribution in [2.75, 3.05) is 26.7 Å². The third kappa shape index (κ3) is 6.56. The van der Waals surface area contributed by atoms with Gasteiger partial charge in [0.1, 0.15) is 0 Å². The van der Waals surface area contributed by atoms with E-state index in [9.17, 15) is 4.79 Å². The van der Waals surface area contributed by atoms with E-state index in [1.165, 1.54) is 19.3 Å². The van der Waals surface area contributed by atoms with E-state index < -0.39 is 0 Å². The molecular formula is C24H34ClN3O. The van der Waals surface area contributed by atoms with Gasteiger partial charge in [-0.1, -0.05) is 60.7 Å². The van der Waals surface area contributed by atoms with Crippen LogP contribution in [0.15, 0.2) is 60.7 Å². The number of likely N-dealkylation sites (tertiary alicyclic amines) is 1. The van der Waals surface area contributed by atoms with Crippen molar-refractivity contribution in [1.29, 1.82) is 0 Å². The van der Waals surface area contributed by atoms with Gasteiger partial charge in [-0.25, -0.2) is 0 Å². The van der Waals surface area contributed by atoms with Crippen molar-refractivity contribution in [2.24, 2.45) is 5.92 Å². The first kappa shape index (κ1) is 23.4. The Morgan fingerprint density at radius 1 is 1.00 bits per heavy atom. The van der Waals surface area contributed by atoms with Crippen LogP contribution in [0.4, 0.5) is 0 Å². The Hall–Kier alpha value is -1.88. The number of rotatable bonds is 8.